The molecule has 2 N–H and O–H groups in total. The van der Waals surface area contributed by atoms with E-state index in [-0.39, 0.29) is 77.3 Å². The second kappa shape index (κ2) is 10.1. The summed E-state index contributed by atoms with van der Waals surface area (Å²) in [6, 6.07) is 4.84. The molecular weight excluding hydrogens is 460 g/mol. The molecular formula is C29H38O7. The summed E-state index contributed by atoms with van der Waals surface area (Å²) in [5, 5.41) is 22.1. The van der Waals surface area contributed by atoms with Crippen LogP contribution in [0.15, 0.2) is 40.9 Å². The molecule has 0 saturated carbocycles. The van der Waals surface area contributed by atoms with Gasteiger partial charge in [0.05, 0.1) is 12.5 Å². The highest BCUT2D eigenvalue weighted by Gasteiger charge is 2.43. The highest BCUT2D eigenvalue weighted by molar-refractivity contribution is 6.05. The Morgan fingerprint density at radius 1 is 0.889 bits per heavy atom. The fourth-order valence-corrected chi connectivity index (χ4v) is 5.02. The Labute approximate surface area is 213 Å². The first-order chi connectivity index (χ1) is 16.7. The number of aliphatic hydroxyl groups excluding tert-OH is 2. The molecule has 0 unspecified atom stereocenters. The van der Waals surface area contributed by atoms with Crippen molar-refractivity contribution in [2.24, 2.45) is 16.7 Å². The van der Waals surface area contributed by atoms with Gasteiger partial charge in [0.15, 0.2) is 23.1 Å². The van der Waals surface area contributed by atoms with E-state index in [9.17, 15) is 24.6 Å². The molecule has 196 valence electrons. The van der Waals surface area contributed by atoms with Gasteiger partial charge in [-0.1, -0.05) is 47.6 Å². The smallest absolute Gasteiger partial charge is 0.313 e. The predicted molar refractivity (Wildman–Crippen MR) is 136 cm³/mol. The van der Waals surface area contributed by atoms with Gasteiger partial charge in [-0.15, -0.1) is 0 Å². The van der Waals surface area contributed by atoms with Crippen LogP contribution >= 0.6 is 0 Å². The Morgan fingerprint density at radius 3 is 1.81 bits per heavy atom. The van der Waals surface area contributed by atoms with Crippen molar-refractivity contribution in [3.05, 3.63) is 46.4 Å². The average molecular weight is 499 g/mol. The molecule has 2 aliphatic carbocycles. The lowest BCUT2D eigenvalue weighted by Crippen LogP contribution is -2.33. The lowest BCUT2D eigenvalue weighted by molar-refractivity contribution is -0.137. The third-order valence-corrected chi connectivity index (χ3v) is 6.65. The molecule has 7 heteroatoms. The molecule has 1 aromatic carbocycles. The van der Waals surface area contributed by atoms with Crippen LogP contribution in [0.3, 0.4) is 0 Å². The normalized spacial score (nSPS) is 19.8. The van der Waals surface area contributed by atoms with Crippen LogP contribution in [0, 0.1) is 16.7 Å². The van der Waals surface area contributed by atoms with Crippen molar-refractivity contribution in [2.45, 2.75) is 80.1 Å². The predicted octanol–water partition coefficient (Wildman–Crippen LogP) is 6.13. The maximum Gasteiger partial charge on any atom is 0.313 e. The quantitative estimate of drug-likeness (QED) is 0.343. The van der Waals surface area contributed by atoms with Crippen LogP contribution in [0.25, 0.3) is 0 Å². The zero-order chi connectivity index (χ0) is 27.0. The number of rotatable bonds is 7. The van der Waals surface area contributed by atoms with Crippen molar-refractivity contribution >= 4 is 17.5 Å². The zero-order valence-corrected chi connectivity index (χ0v) is 22.4. The van der Waals surface area contributed by atoms with Gasteiger partial charge in [-0.25, -0.2) is 0 Å². The number of esters is 1. The summed E-state index contributed by atoms with van der Waals surface area (Å²) in [4.78, 5) is 39.0. The van der Waals surface area contributed by atoms with Gasteiger partial charge in [0.1, 0.15) is 11.5 Å². The topological polar surface area (TPSA) is 110 Å². The molecule has 0 saturated heterocycles. The molecule has 0 atom stereocenters. The van der Waals surface area contributed by atoms with E-state index in [4.69, 9.17) is 9.47 Å². The number of aliphatic hydroxyl groups is 2. The monoisotopic (exact) mass is 498 g/mol. The molecule has 7 nitrogen and oxygen atoms in total. The van der Waals surface area contributed by atoms with Crippen molar-refractivity contribution in [1.82, 2.24) is 0 Å². The fraction of sp³-hybridized carbons (Fsp3) is 0.552. The summed E-state index contributed by atoms with van der Waals surface area (Å²) in [6.07, 6.45) is 0.972. The molecule has 0 spiro atoms. The Kier molecular flexibility index (Phi) is 7.72. The number of carbonyl (C=O) groups excluding carboxylic acids is 3. The van der Waals surface area contributed by atoms with Gasteiger partial charge in [0.25, 0.3) is 0 Å². The number of Topliss-reactive ketones (excluding diaryl/α,β-unsaturated/α-hetero) is 2. The van der Waals surface area contributed by atoms with Crippen LogP contribution in [-0.4, -0.2) is 34.4 Å². The van der Waals surface area contributed by atoms with Crippen LogP contribution in [-0.2, 0) is 14.4 Å². The van der Waals surface area contributed by atoms with Crippen molar-refractivity contribution in [3.63, 3.8) is 0 Å². The fourth-order valence-electron chi connectivity index (χ4n) is 5.02. The van der Waals surface area contributed by atoms with Gasteiger partial charge in [0, 0.05) is 42.7 Å². The zero-order valence-electron chi connectivity index (χ0n) is 22.4. The standard InChI is InChI=1S/C29H38O7/c1-8-35-23-11-17(9-10-22(23)36-27(34)16(2)3)24(25-18(30)12-28(4,5)13-19(25)31)26-20(32)14-29(6,7)15-21(26)33/h9-11,16,24,30,32H,8,12-15H2,1-7H3. The number of ether oxygens (including phenoxy) is 2. The molecule has 0 radical (unpaired) electrons. The molecule has 0 aliphatic heterocycles. The van der Waals surface area contributed by atoms with Gasteiger partial charge in [-0.3, -0.25) is 14.4 Å². The van der Waals surface area contributed by atoms with Crippen molar-refractivity contribution in [1.29, 1.82) is 0 Å². The SMILES string of the molecule is CCOc1cc(C(C2=C(O)CC(C)(C)CC2=O)C2=C(O)CC(C)(C)CC2=O)ccc1OC(=O)C(C)C. The van der Waals surface area contributed by atoms with Gasteiger partial charge < -0.3 is 19.7 Å². The van der Waals surface area contributed by atoms with Crippen LogP contribution < -0.4 is 9.47 Å². The lowest BCUT2D eigenvalue weighted by Gasteiger charge is -2.36. The van der Waals surface area contributed by atoms with E-state index >= 15 is 0 Å². The van der Waals surface area contributed by atoms with E-state index in [0.717, 1.165) is 0 Å². The third-order valence-electron chi connectivity index (χ3n) is 6.65. The Hall–Kier alpha value is -3.09. The molecule has 3 rings (SSSR count). The van der Waals surface area contributed by atoms with Crippen molar-refractivity contribution in [3.8, 4) is 11.5 Å². The average Bonchev–Trinajstić information content (AvgIpc) is 2.71. The van der Waals surface area contributed by atoms with Gasteiger partial charge in [0.2, 0.25) is 0 Å². The molecule has 1 aromatic rings. The maximum atomic E-state index is 13.4. The molecule has 0 aromatic heterocycles. The first kappa shape index (κ1) is 27.5. The minimum atomic E-state index is -0.966. The minimum absolute atomic E-state index is 0.0764. The number of ketones is 2. The summed E-state index contributed by atoms with van der Waals surface area (Å²) in [7, 11) is 0. The van der Waals surface area contributed by atoms with Gasteiger partial charge in [-0.2, -0.15) is 0 Å². The van der Waals surface area contributed by atoms with Crippen LogP contribution in [0.5, 0.6) is 11.5 Å². The lowest BCUT2D eigenvalue weighted by atomic mass is 9.67. The first-order valence-electron chi connectivity index (χ1n) is 12.5. The second-order valence-corrected chi connectivity index (χ2v) is 11.8. The van der Waals surface area contributed by atoms with Crippen molar-refractivity contribution < 1.29 is 34.1 Å². The first-order valence-corrected chi connectivity index (χ1v) is 12.5. The molecule has 0 bridgehead atoms. The highest BCUT2D eigenvalue weighted by Crippen LogP contribution is 2.48. The molecule has 0 heterocycles. The van der Waals surface area contributed by atoms with E-state index in [0.29, 0.717) is 12.2 Å². The van der Waals surface area contributed by atoms with Crippen LogP contribution in [0.4, 0.5) is 0 Å². The van der Waals surface area contributed by atoms with Crippen molar-refractivity contribution in [2.75, 3.05) is 6.61 Å². The van der Waals surface area contributed by atoms with Gasteiger partial charge in [-0.05, 0) is 35.4 Å². The van der Waals surface area contributed by atoms with E-state index in [1.165, 1.54) is 0 Å². The van der Waals surface area contributed by atoms with Crippen LogP contribution in [0.1, 0.15) is 85.6 Å². The summed E-state index contributed by atoms with van der Waals surface area (Å²) in [6.45, 7) is 13.2. The van der Waals surface area contributed by atoms with E-state index < -0.39 is 22.7 Å². The Morgan fingerprint density at radius 2 is 1.39 bits per heavy atom. The van der Waals surface area contributed by atoms with Crippen LogP contribution in [0.2, 0.25) is 0 Å². The highest BCUT2D eigenvalue weighted by atomic mass is 16.6. The molecule has 0 amide bonds. The maximum absolute atomic E-state index is 13.4. The summed E-state index contributed by atoms with van der Waals surface area (Å²) in [5.74, 6) is -1.91. The number of carbonyl (C=O) groups is 3. The van der Waals surface area contributed by atoms with Gasteiger partial charge >= 0.3 is 5.97 Å². The number of benzene rings is 1. The van der Waals surface area contributed by atoms with E-state index in [1.54, 1.807) is 39.0 Å². The number of allylic oxidation sites excluding steroid dienone is 4. The number of hydrogen-bond acceptors (Lipinski definition) is 7. The molecule has 36 heavy (non-hydrogen) atoms. The summed E-state index contributed by atoms with van der Waals surface area (Å²) in [5.41, 5.74) is -0.103. The Bertz CT molecular complexity index is 1080. The Balaban J connectivity index is 2.23. The second-order valence-electron chi connectivity index (χ2n) is 11.8. The summed E-state index contributed by atoms with van der Waals surface area (Å²) < 4.78 is 11.3. The molecule has 0 fully saturated rings. The van der Waals surface area contributed by atoms with E-state index in [1.807, 2.05) is 27.7 Å². The third kappa shape index (κ3) is 5.82. The number of hydrogen-bond donors (Lipinski definition) is 2. The minimum Gasteiger partial charge on any atom is -0.512 e. The summed E-state index contributed by atoms with van der Waals surface area (Å²) >= 11 is 0. The molecule has 2 aliphatic rings. The van der Waals surface area contributed by atoms with E-state index in [2.05, 4.69) is 0 Å². The largest absolute Gasteiger partial charge is 0.512 e.